The van der Waals surface area contributed by atoms with Gasteiger partial charge < -0.3 is 5.32 Å². The van der Waals surface area contributed by atoms with Crippen LogP contribution in [0.1, 0.15) is 20.3 Å². The number of likely N-dealkylation sites (tertiary alicyclic amines) is 1. The third kappa shape index (κ3) is 2.40. The highest BCUT2D eigenvalue weighted by Gasteiger charge is 2.41. The van der Waals surface area contributed by atoms with Gasteiger partial charge in [0.1, 0.15) is 6.17 Å². The highest BCUT2D eigenvalue weighted by Crippen LogP contribution is 2.35. The Kier molecular flexibility index (Phi) is 3.87. The summed E-state index contributed by atoms with van der Waals surface area (Å²) in [5.41, 5.74) is 2.54. The van der Waals surface area contributed by atoms with Gasteiger partial charge in [-0.2, -0.15) is 0 Å². The number of hydrogen-bond donors (Lipinski definition) is 1. The molecule has 0 bridgehead atoms. The van der Waals surface area contributed by atoms with Gasteiger partial charge in [-0.25, -0.2) is 5.01 Å². The molecule has 0 saturated carbocycles. The van der Waals surface area contributed by atoms with Crippen molar-refractivity contribution >= 4 is 5.78 Å². The summed E-state index contributed by atoms with van der Waals surface area (Å²) in [7, 11) is 2.04. The van der Waals surface area contributed by atoms with Gasteiger partial charge in [-0.15, -0.1) is 0 Å². The van der Waals surface area contributed by atoms with Crippen LogP contribution in [0.3, 0.4) is 0 Å². The molecule has 0 radical (unpaired) electrons. The topological polar surface area (TPSA) is 38.8 Å². The number of fused-ring (bicyclic) bond motifs is 3. The summed E-state index contributed by atoms with van der Waals surface area (Å²) in [6, 6.07) is 0.247. The number of carbonyl (C=O) groups is 1. The molecular weight excluding hydrogens is 264 g/mol. The number of likely N-dealkylation sites (N-methyl/N-ethyl adjacent to an activating group) is 1. The van der Waals surface area contributed by atoms with Gasteiger partial charge >= 0.3 is 0 Å². The SMILES string of the molecule is CCN(CC)N1C=C2CC(=O)CN(C)C2C2=CC=CNC21. The molecule has 0 amide bonds. The lowest BCUT2D eigenvalue weighted by Crippen LogP contribution is -2.60. The number of carbonyl (C=O) groups excluding carboxylic acids is 1. The van der Waals surface area contributed by atoms with E-state index in [0.29, 0.717) is 18.7 Å². The van der Waals surface area contributed by atoms with Gasteiger partial charge in [-0.05, 0) is 30.5 Å². The van der Waals surface area contributed by atoms with E-state index in [4.69, 9.17) is 0 Å². The molecule has 3 rings (SSSR count). The first-order valence-corrected chi connectivity index (χ1v) is 7.74. The number of nitrogens with one attached hydrogen (secondary N) is 1. The Morgan fingerprint density at radius 1 is 1.38 bits per heavy atom. The van der Waals surface area contributed by atoms with E-state index in [1.165, 1.54) is 11.1 Å². The molecule has 0 aromatic rings. The van der Waals surface area contributed by atoms with Crippen molar-refractivity contribution in [1.29, 1.82) is 0 Å². The first-order chi connectivity index (χ1) is 10.2. The van der Waals surface area contributed by atoms with Crippen LogP contribution in [0, 0.1) is 0 Å². The number of hydrazine groups is 1. The number of Topliss-reactive ketones (excluding diaryl/α,β-unsaturated/α-hetero) is 1. The first kappa shape index (κ1) is 14.4. The molecule has 1 fully saturated rings. The maximum absolute atomic E-state index is 11.9. The fourth-order valence-corrected chi connectivity index (χ4v) is 3.62. The lowest BCUT2D eigenvalue weighted by Gasteiger charge is -2.49. The Balaban J connectivity index is 2.02. The lowest BCUT2D eigenvalue weighted by atomic mass is 9.85. The summed E-state index contributed by atoms with van der Waals surface area (Å²) in [5.74, 6) is 0.304. The highest BCUT2D eigenvalue weighted by atomic mass is 16.1. The van der Waals surface area contributed by atoms with Crippen LogP contribution in [0.5, 0.6) is 0 Å². The van der Waals surface area contributed by atoms with Crippen LogP contribution in [0.2, 0.25) is 0 Å². The molecule has 3 aliphatic heterocycles. The van der Waals surface area contributed by atoms with Crippen molar-refractivity contribution in [3.63, 3.8) is 0 Å². The molecule has 5 nitrogen and oxygen atoms in total. The maximum atomic E-state index is 11.9. The van der Waals surface area contributed by atoms with Crippen LogP contribution < -0.4 is 5.32 Å². The zero-order valence-electron chi connectivity index (χ0n) is 13.0. The monoisotopic (exact) mass is 288 g/mol. The Hall–Kier alpha value is -1.59. The summed E-state index contributed by atoms with van der Waals surface area (Å²) in [6.45, 7) is 6.76. The van der Waals surface area contributed by atoms with Gasteiger partial charge in [0.25, 0.3) is 0 Å². The molecule has 1 N–H and O–H groups in total. The number of rotatable bonds is 3. The summed E-state index contributed by atoms with van der Waals surface area (Å²) >= 11 is 0. The number of ketones is 1. The number of piperidine rings is 1. The molecule has 21 heavy (non-hydrogen) atoms. The quantitative estimate of drug-likeness (QED) is 0.841. The molecule has 2 atom stereocenters. The zero-order chi connectivity index (χ0) is 15.0. The molecule has 1 saturated heterocycles. The minimum Gasteiger partial charge on any atom is -0.367 e. The smallest absolute Gasteiger partial charge is 0.151 e. The van der Waals surface area contributed by atoms with Crippen molar-refractivity contribution in [2.24, 2.45) is 0 Å². The van der Waals surface area contributed by atoms with E-state index >= 15 is 0 Å². The Labute approximate surface area is 126 Å². The van der Waals surface area contributed by atoms with E-state index in [1.54, 1.807) is 0 Å². The highest BCUT2D eigenvalue weighted by molar-refractivity contribution is 5.85. The molecule has 3 heterocycles. The lowest BCUT2D eigenvalue weighted by molar-refractivity contribution is -0.121. The van der Waals surface area contributed by atoms with Crippen molar-refractivity contribution in [3.05, 3.63) is 35.7 Å². The van der Waals surface area contributed by atoms with Crippen LogP contribution in [-0.2, 0) is 4.79 Å². The van der Waals surface area contributed by atoms with Crippen LogP contribution in [0.15, 0.2) is 35.7 Å². The molecule has 2 unspecified atom stereocenters. The molecule has 0 aromatic carbocycles. The van der Waals surface area contributed by atoms with Crippen molar-refractivity contribution in [1.82, 2.24) is 20.2 Å². The molecule has 114 valence electrons. The summed E-state index contributed by atoms with van der Waals surface area (Å²) in [6.07, 6.45) is 9.15. The predicted octanol–water partition coefficient (Wildman–Crippen LogP) is 1.09. The molecule has 5 heteroatoms. The van der Waals surface area contributed by atoms with Gasteiger partial charge in [-0.1, -0.05) is 19.9 Å². The van der Waals surface area contributed by atoms with Crippen LogP contribution in [0.25, 0.3) is 0 Å². The zero-order valence-corrected chi connectivity index (χ0v) is 13.0. The van der Waals surface area contributed by atoms with E-state index in [9.17, 15) is 4.79 Å². The van der Waals surface area contributed by atoms with E-state index < -0.39 is 0 Å². The van der Waals surface area contributed by atoms with Gasteiger partial charge in [0, 0.05) is 25.7 Å². The van der Waals surface area contributed by atoms with Gasteiger partial charge in [0.05, 0.1) is 12.6 Å². The van der Waals surface area contributed by atoms with Gasteiger partial charge in [0.15, 0.2) is 5.78 Å². The van der Waals surface area contributed by atoms with Crippen LogP contribution >= 0.6 is 0 Å². The second-order valence-corrected chi connectivity index (χ2v) is 5.85. The van der Waals surface area contributed by atoms with Crippen LogP contribution in [-0.4, -0.2) is 59.6 Å². The minimum atomic E-state index is 0.152. The molecule has 3 aliphatic rings. The second-order valence-electron chi connectivity index (χ2n) is 5.85. The third-order valence-electron chi connectivity index (χ3n) is 4.51. The summed E-state index contributed by atoms with van der Waals surface area (Å²) in [4.78, 5) is 14.1. The Morgan fingerprint density at radius 2 is 2.14 bits per heavy atom. The minimum absolute atomic E-state index is 0.152. The standard InChI is InChI=1S/C16H24N4O/c1-4-19(5-2)20-10-12-9-13(21)11-18(3)15(12)14-7-6-8-17-16(14)20/h6-8,10,15-17H,4-5,9,11H2,1-3H3. The maximum Gasteiger partial charge on any atom is 0.151 e. The molecule has 0 aromatic heterocycles. The average Bonchev–Trinajstić information content (AvgIpc) is 2.47. The third-order valence-corrected chi connectivity index (χ3v) is 4.51. The average molecular weight is 288 g/mol. The van der Waals surface area contributed by atoms with E-state index in [-0.39, 0.29) is 12.2 Å². The van der Waals surface area contributed by atoms with Crippen molar-refractivity contribution in [2.75, 3.05) is 26.7 Å². The van der Waals surface area contributed by atoms with Crippen LogP contribution in [0.4, 0.5) is 0 Å². The summed E-state index contributed by atoms with van der Waals surface area (Å²) in [5, 5.41) is 8.02. The number of dihydropyridines is 1. The largest absolute Gasteiger partial charge is 0.367 e. The van der Waals surface area contributed by atoms with Crippen molar-refractivity contribution in [2.45, 2.75) is 32.5 Å². The fourth-order valence-electron chi connectivity index (χ4n) is 3.62. The van der Waals surface area contributed by atoms with E-state index in [2.05, 4.69) is 52.4 Å². The molecule has 0 spiro atoms. The van der Waals surface area contributed by atoms with Gasteiger partial charge in [-0.3, -0.25) is 14.7 Å². The second kappa shape index (κ2) is 5.66. The Morgan fingerprint density at radius 3 is 2.86 bits per heavy atom. The summed E-state index contributed by atoms with van der Waals surface area (Å²) < 4.78 is 0. The van der Waals surface area contributed by atoms with Crippen molar-refractivity contribution < 1.29 is 4.79 Å². The predicted molar refractivity (Wildman–Crippen MR) is 83.0 cm³/mol. The fraction of sp³-hybridized carbons (Fsp3) is 0.562. The number of hydrogen-bond acceptors (Lipinski definition) is 5. The first-order valence-electron chi connectivity index (χ1n) is 7.74. The van der Waals surface area contributed by atoms with E-state index in [0.717, 1.165) is 13.1 Å². The van der Waals surface area contributed by atoms with Crippen molar-refractivity contribution in [3.8, 4) is 0 Å². The molecular formula is C16H24N4O. The van der Waals surface area contributed by atoms with Gasteiger partial charge in [0.2, 0.25) is 0 Å². The number of nitrogens with zero attached hydrogens (tertiary/aromatic N) is 3. The number of allylic oxidation sites excluding steroid dienone is 2. The van der Waals surface area contributed by atoms with E-state index in [1.807, 2.05) is 13.2 Å². The Bertz CT molecular complexity index is 518. The normalized spacial score (nSPS) is 28.8. The molecule has 0 aliphatic carbocycles.